The molecule has 1 aliphatic carbocycles. The van der Waals surface area contributed by atoms with Crippen molar-refractivity contribution < 1.29 is 19.3 Å². The van der Waals surface area contributed by atoms with Gasteiger partial charge < -0.3 is 10.1 Å². The van der Waals surface area contributed by atoms with E-state index < -0.39 is 5.92 Å². The molecule has 1 aromatic heterocycles. The van der Waals surface area contributed by atoms with Crippen LogP contribution in [0.5, 0.6) is 0 Å². The van der Waals surface area contributed by atoms with Crippen molar-refractivity contribution >= 4 is 11.8 Å². The summed E-state index contributed by atoms with van der Waals surface area (Å²) in [5.41, 5.74) is 3.14. The molecule has 0 aromatic carbocycles. The molecule has 3 rings (SSSR count). The number of allylic oxidation sites excluding steroid dienone is 2. The summed E-state index contributed by atoms with van der Waals surface area (Å²) in [6, 6.07) is 3.82. The Kier molecular flexibility index (Phi) is 4.51. The lowest BCUT2D eigenvalue weighted by molar-refractivity contribution is -0.378. The molecule has 0 bridgehead atoms. The average Bonchev–Trinajstić information content (AvgIpc) is 2.53. The van der Waals surface area contributed by atoms with Crippen LogP contribution in [0.2, 0.25) is 0 Å². The molecule has 2 heterocycles. The molecule has 24 heavy (non-hydrogen) atoms. The zero-order valence-corrected chi connectivity index (χ0v) is 14.1. The second-order valence-corrected chi connectivity index (χ2v) is 6.59. The van der Waals surface area contributed by atoms with E-state index in [0.717, 1.165) is 24.1 Å². The number of nitrogens with one attached hydrogen (secondary N) is 2. The maximum atomic E-state index is 12.7. The summed E-state index contributed by atoms with van der Waals surface area (Å²) in [4.78, 5) is 28.3. The van der Waals surface area contributed by atoms with Gasteiger partial charge in [-0.15, -0.1) is 0 Å². The fraction of sp³-hybridized carbons (Fsp3) is 0.421. The van der Waals surface area contributed by atoms with Crippen molar-refractivity contribution in [3.8, 4) is 0 Å². The lowest BCUT2D eigenvalue weighted by Crippen LogP contribution is -2.41. The van der Waals surface area contributed by atoms with Gasteiger partial charge >= 0.3 is 5.97 Å². The number of rotatable bonds is 3. The Morgan fingerprint density at radius 2 is 2.04 bits per heavy atom. The molecule has 2 N–H and O–H groups in total. The van der Waals surface area contributed by atoms with Crippen molar-refractivity contribution in [1.29, 1.82) is 0 Å². The Morgan fingerprint density at radius 1 is 1.33 bits per heavy atom. The molecule has 126 valence electrons. The van der Waals surface area contributed by atoms with Gasteiger partial charge in [-0.2, -0.15) is 0 Å². The quantitative estimate of drug-likeness (QED) is 0.865. The van der Waals surface area contributed by atoms with E-state index in [9.17, 15) is 9.59 Å². The number of aromatic nitrogens is 1. The number of ether oxygens (including phenoxy) is 1. The maximum absolute atomic E-state index is 12.7. The van der Waals surface area contributed by atoms with Crippen molar-refractivity contribution in [2.75, 3.05) is 0 Å². The minimum absolute atomic E-state index is 0.108. The van der Waals surface area contributed by atoms with Crippen LogP contribution < -0.4 is 10.3 Å². The van der Waals surface area contributed by atoms with Crippen LogP contribution in [-0.2, 0) is 14.3 Å². The first-order valence-corrected chi connectivity index (χ1v) is 8.37. The summed E-state index contributed by atoms with van der Waals surface area (Å²) >= 11 is 0. The van der Waals surface area contributed by atoms with E-state index in [-0.39, 0.29) is 23.8 Å². The van der Waals surface area contributed by atoms with Gasteiger partial charge in [-0.25, -0.2) is 4.98 Å². The highest BCUT2D eigenvalue weighted by Crippen LogP contribution is 2.44. The largest absolute Gasteiger partial charge is 0.462 e. The molecule has 1 aliphatic heterocycles. The van der Waals surface area contributed by atoms with Crippen molar-refractivity contribution in [2.45, 2.75) is 45.1 Å². The third kappa shape index (κ3) is 2.98. The topological polar surface area (TPSA) is 69.5 Å². The van der Waals surface area contributed by atoms with E-state index in [1.165, 1.54) is 0 Å². The molecule has 5 nitrogen and oxygen atoms in total. The van der Waals surface area contributed by atoms with Gasteiger partial charge in [-0.1, -0.05) is 6.58 Å². The number of Topliss-reactive ketones (excluding diaryl/α,β-unsaturated/α-hetero) is 1. The van der Waals surface area contributed by atoms with Crippen LogP contribution in [0.3, 0.4) is 0 Å². The van der Waals surface area contributed by atoms with Crippen molar-refractivity contribution in [2.24, 2.45) is 5.92 Å². The minimum Gasteiger partial charge on any atom is -0.462 e. The Balaban J connectivity index is 2.10. The molecular formula is C19H23N2O3+. The summed E-state index contributed by atoms with van der Waals surface area (Å²) in [6.45, 7) is 7.69. The van der Waals surface area contributed by atoms with Gasteiger partial charge in [-0.05, 0) is 32.3 Å². The third-order valence-electron chi connectivity index (χ3n) is 4.50. The fourth-order valence-corrected chi connectivity index (χ4v) is 3.54. The number of hydrogen-bond donors (Lipinski definition) is 1. The van der Waals surface area contributed by atoms with Crippen molar-refractivity contribution in [3.05, 3.63) is 53.6 Å². The van der Waals surface area contributed by atoms with Crippen LogP contribution in [0, 0.1) is 5.92 Å². The number of carbonyl (C=O) groups is 2. The Morgan fingerprint density at radius 3 is 2.71 bits per heavy atom. The predicted octanol–water partition coefficient (Wildman–Crippen LogP) is 2.28. The summed E-state index contributed by atoms with van der Waals surface area (Å²) in [7, 11) is 0. The predicted molar refractivity (Wildman–Crippen MR) is 88.6 cm³/mol. The first kappa shape index (κ1) is 16.4. The van der Waals surface area contributed by atoms with E-state index >= 15 is 0 Å². The van der Waals surface area contributed by atoms with Crippen LogP contribution in [-0.4, -0.2) is 17.9 Å². The SMILES string of the molecule is C=C1NC2=C(C(=O)CCC2)C(c2cc[nH+]cc2)C1C(=O)OC(C)C. The molecular weight excluding hydrogens is 304 g/mol. The number of esters is 1. The highest BCUT2D eigenvalue weighted by atomic mass is 16.5. The zero-order valence-electron chi connectivity index (χ0n) is 14.1. The summed E-state index contributed by atoms with van der Waals surface area (Å²) in [5, 5.41) is 3.21. The second-order valence-electron chi connectivity index (χ2n) is 6.59. The van der Waals surface area contributed by atoms with Gasteiger partial charge in [0.25, 0.3) is 0 Å². The summed E-state index contributed by atoms with van der Waals surface area (Å²) in [6.07, 6.45) is 5.55. The highest BCUT2D eigenvalue weighted by molar-refractivity contribution is 6.00. The molecule has 0 saturated carbocycles. The molecule has 2 unspecified atom stereocenters. The van der Waals surface area contributed by atoms with Crippen LogP contribution >= 0.6 is 0 Å². The first-order chi connectivity index (χ1) is 11.5. The van der Waals surface area contributed by atoms with Gasteiger partial charge in [0.1, 0.15) is 5.92 Å². The van der Waals surface area contributed by atoms with Crippen LogP contribution in [0.25, 0.3) is 0 Å². The molecule has 1 aromatic rings. The van der Waals surface area contributed by atoms with E-state index in [1.807, 2.05) is 26.0 Å². The standard InChI is InChI=1S/C19H22N2O3/c1-11(2)24-19(23)16-12(3)21-14-5-4-6-15(22)18(14)17(16)13-7-9-20-10-8-13/h7-11,16-17,21H,3-6H2,1-2H3/p+1. The van der Waals surface area contributed by atoms with E-state index in [4.69, 9.17) is 4.74 Å². The van der Waals surface area contributed by atoms with Gasteiger partial charge in [0, 0.05) is 41.4 Å². The second kappa shape index (κ2) is 6.59. The first-order valence-electron chi connectivity index (χ1n) is 8.37. The Hall–Kier alpha value is -2.43. The van der Waals surface area contributed by atoms with Crippen LogP contribution in [0.4, 0.5) is 0 Å². The van der Waals surface area contributed by atoms with E-state index in [0.29, 0.717) is 17.7 Å². The Labute approximate surface area is 141 Å². The number of pyridine rings is 1. The van der Waals surface area contributed by atoms with Gasteiger partial charge in [0.2, 0.25) is 0 Å². The zero-order chi connectivity index (χ0) is 17.3. The molecule has 2 atom stereocenters. The number of ketones is 1. The average molecular weight is 327 g/mol. The summed E-state index contributed by atoms with van der Waals surface area (Å²) in [5.74, 6) is -1.18. The third-order valence-corrected chi connectivity index (χ3v) is 4.50. The van der Waals surface area contributed by atoms with Gasteiger partial charge in [0.05, 0.1) is 6.10 Å². The normalized spacial score (nSPS) is 23.8. The van der Waals surface area contributed by atoms with E-state index in [2.05, 4.69) is 16.9 Å². The van der Waals surface area contributed by atoms with Gasteiger partial charge in [0.15, 0.2) is 18.2 Å². The summed E-state index contributed by atoms with van der Waals surface area (Å²) < 4.78 is 5.45. The number of H-pyrrole nitrogens is 1. The van der Waals surface area contributed by atoms with Crippen LogP contribution in [0.15, 0.2) is 48.1 Å². The number of carbonyl (C=O) groups excluding carboxylic acids is 2. The lowest BCUT2D eigenvalue weighted by atomic mass is 9.72. The molecule has 2 aliphatic rings. The maximum Gasteiger partial charge on any atom is 0.316 e. The molecule has 0 spiro atoms. The van der Waals surface area contributed by atoms with Crippen molar-refractivity contribution in [1.82, 2.24) is 5.32 Å². The molecule has 0 saturated heterocycles. The lowest BCUT2D eigenvalue weighted by Gasteiger charge is -2.38. The van der Waals surface area contributed by atoms with Crippen LogP contribution in [0.1, 0.15) is 44.6 Å². The monoisotopic (exact) mass is 327 g/mol. The number of hydrogen-bond acceptors (Lipinski definition) is 4. The molecule has 5 heteroatoms. The molecule has 0 amide bonds. The highest BCUT2D eigenvalue weighted by Gasteiger charge is 2.44. The Bertz CT molecular complexity index is 707. The minimum atomic E-state index is -0.601. The fourth-order valence-electron chi connectivity index (χ4n) is 3.54. The van der Waals surface area contributed by atoms with Gasteiger partial charge in [-0.3, -0.25) is 9.59 Å². The van der Waals surface area contributed by atoms with E-state index in [1.54, 1.807) is 12.4 Å². The molecule has 0 fully saturated rings. The number of aromatic amines is 1. The smallest absolute Gasteiger partial charge is 0.316 e. The van der Waals surface area contributed by atoms with Crippen molar-refractivity contribution in [3.63, 3.8) is 0 Å². The molecule has 0 radical (unpaired) electrons.